The monoisotopic (exact) mass is 97.9 g/mol. The van der Waals surface area contributed by atoms with Crippen LogP contribution in [0.1, 0.15) is 0 Å². The van der Waals surface area contributed by atoms with E-state index in [0.29, 0.717) is 0 Å². The van der Waals surface area contributed by atoms with Crippen LogP contribution in [0.4, 0.5) is 0 Å². The summed E-state index contributed by atoms with van der Waals surface area (Å²) in [5, 5.41) is 0. The normalized spacial score (nSPS) is 1.00. The van der Waals surface area contributed by atoms with Gasteiger partial charge in [-0.15, -0.1) is 0 Å². The van der Waals surface area contributed by atoms with Gasteiger partial charge >= 0.3 is 0 Å². The molecule has 0 saturated heterocycles. The molecule has 0 aromatic heterocycles. The zero-order valence-corrected chi connectivity index (χ0v) is 5.07. The molecule has 0 rings (SSSR count). The minimum Gasteiger partial charge on any atom is -0.0464 e. The van der Waals surface area contributed by atoms with Gasteiger partial charge in [0.15, 0.2) is 0 Å². The van der Waals surface area contributed by atoms with E-state index in [0.717, 1.165) is 0 Å². The van der Waals surface area contributed by atoms with Crippen molar-refractivity contribution in [1.29, 1.82) is 0 Å². The molecule has 0 fully saturated rings. The predicted molar refractivity (Wildman–Crippen MR) is 25.8 cm³/mol. The molecule has 0 amide bonds. The van der Waals surface area contributed by atoms with Crippen molar-refractivity contribution in [2.45, 2.75) is 0 Å². The summed E-state index contributed by atoms with van der Waals surface area (Å²) in [6.07, 6.45) is 0. The Morgan fingerprint density at radius 3 is 1.25 bits per heavy atom. The van der Waals surface area contributed by atoms with Gasteiger partial charge in [-0.25, -0.2) is 0 Å². The van der Waals surface area contributed by atoms with E-state index in [1.54, 1.807) is 0 Å². The van der Waals surface area contributed by atoms with Crippen LogP contribution in [0.25, 0.3) is 0 Å². The van der Waals surface area contributed by atoms with Crippen molar-refractivity contribution < 1.29 is 0 Å². The van der Waals surface area contributed by atoms with Crippen LogP contribution >= 0.6 is 8.02 Å². The maximum Gasteiger partial charge on any atom is 0.0464 e. The molecule has 4 heteroatoms. The molecule has 6 radical (unpaired) electrons. The van der Waals surface area contributed by atoms with Crippen molar-refractivity contribution in [3.8, 4) is 0 Å². The summed E-state index contributed by atoms with van der Waals surface area (Å²) >= 11 is 3.78. The molecule has 0 aromatic carbocycles. The topological polar surface area (TPSA) is 0 Å². The molecular weight excluding hydrogens is 98.1 g/mol. The second kappa shape index (κ2) is 27.1. The SMILES string of the molecule is [Li].[P]=S.[Si]. The molecule has 0 aromatic rings. The summed E-state index contributed by atoms with van der Waals surface area (Å²) < 4.78 is 0. The van der Waals surface area contributed by atoms with E-state index < -0.39 is 0 Å². The summed E-state index contributed by atoms with van der Waals surface area (Å²) in [5.41, 5.74) is 0. The summed E-state index contributed by atoms with van der Waals surface area (Å²) in [5.74, 6) is 0. The standard InChI is InChI=1S/Li.PS.Si/c;1-2;. The Morgan fingerprint density at radius 2 is 1.25 bits per heavy atom. The zero-order chi connectivity index (χ0) is 2.00. The second-order valence-corrected chi connectivity index (χ2v) is 0. The van der Waals surface area contributed by atoms with Gasteiger partial charge in [0.2, 0.25) is 0 Å². The molecule has 16 valence electrons. The van der Waals surface area contributed by atoms with Crippen molar-refractivity contribution in [3.63, 3.8) is 0 Å². The van der Waals surface area contributed by atoms with Crippen molar-refractivity contribution in [2.24, 2.45) is 0 Å². The quantitative estimate of drug-likeness (QED) is 0.306. The molecule has 0 aliphatic carbocycles. The molecule has 4 heavy (non-hydrogen) atoms. The Labute approximate surface area is 49.8 Å². The molecule has 0 atom stereocenters. The van der Waals surface area contributed by atoms with E-state index in [1.807, 2.05) is 0 Å². The van der Waals surface area contributed by atoms with Gasteiger partial charge in [-0.2, -0.15) is 0 Å². The van der Waals surface area contributed by atoms with Gasteiger partial charge in [-0.05, 0) is 11.8 Å². The first-order valence-electron chi connectivity index (χ1n) is 0.183. The number of hydrogen-bond donors (Lipinski definition) is 0. The molecule has 0 heterocycles. The average Bonchev–Trinajstić information content (AvgIpc) is 1.00. The molecule has 0 nitrogen and oxygen atoms in total. The van der Waals surface area contributed by atoms with Gasteiger partial charge in [0.1, 0.15) is 0 Å². The fourth-order valence-corrected chi connectivity index (χ4v) is 0. The first-order chi connectivity index (χ1) is 1.00. The van der Waals surface area contributed by atoms with Crippen molar-refractivity contribution in [3.05, 3.63) is 0 Å². The van der Waals surface area contributed by atoms with E-state index in [9.17, 15) is 0 Å². The van der Waals surface area contributed by atoms with Crippen LogP contribution in [0.5, 0.6) is 0 Å². The first-order valence-corrected chi connectivity index (χ1v) is 1.64. The van der Waals surface area contributed by atoms with Crippen LogP contribution < -0.4 is 0 Å². The Balaban J connectivity index is -0.00000000500. The van der Waals surface area contributed by atoms with Gasteiger partial charge in [-0.1, -0.05) is 0 Å². The third-order valence-corrected chi connectivity index (χ3v) is 0. The van der Waals surface area contributed by atoms with Gasteiger partial charge in [0.25, 0.3) is 0 Å². The average molecular weight is 98.1 g/mol. The number of hydrogen-bond acceptors (Lipinski definition) is 1. The Hall–Kier alpha value is 1.33. The van der Waals surface area contributed by atoms with Crippen molar-refractivity contribution in [1.82, 2.24) is 0 Å². The fraction of sp³-hybridized carbons (Fsp3) is 0. The van der Waals surface area contributed by atoms with Crippen molar-refractivity contribution in [2.75, 3.05) is 0 Å². The van der Waals surface area contributed by atoms with Crippen LogP contribution in [0.3, 0.4) is 0 Å². The molecular formula is LiPSSi. The maximum atomic E-state index is 3.78. The summed E-state index contributed by atoms with van der Waals surface area (Å²) in [6, 6.07) is 0. The minimum atomic E-state index is 0. The second-order valence-electron chi connectivity index (χ2n) is 0. The van der Waals surface area contributed by atoms with Gasteiger partial charge in [-0.3, -0.25) is 0 Å². The molecule has 0 N–H and O–H groups in total. The molecule has 0 unspecified atom stereocenters. The van der Waals surface area contributed by atoms with Crippen LogP contribution in [-0.2, 0) is 11.8 Å². The minimum absolute atomic E-state index is 0. The molecule has 0 saturated carbocycles. The van der Waals surface area contributed by atoms with Gasteiger partial charge in [0, 0.05) is 37.8 Å². The Bertz CT molecular complexity index is 8.00. The van der Waals surface area contributed by atoms with E-state index in [2.05, 4.69) is 19.8 Å². The molecule has 0 bridgehead atoms. The van der Waals surface area contributed by atoms with Crippen LogP contribution in [0.2, 0.25) is 0 Å². The molecule has 0 aliphatic rings. The van der Waals surface area contributed by atoms with E-state index >= 15 is 0 Å². The summed E-state index contributed by atoms with van der Waals surface area (Å²) in [7, 11) is 3.11. The summed E-state index contributed by atoms with van der Waals surface area (Å²) in [6.45, 7) is 0. The molecule has 0 aliphatic heterocycles. The van der Waals surface area contributed by atoms with Crippen molar-refractivity contribution >= 4 is 49.6 Å². The summed E-state index contributed by atoms with van der Waals surface area (Å²) in [4.78, 5) is 0. The Morgan fingerprint density at radius 1 is 1.25 bits per heavy atom. The van der Waals surface area contributed by atoms with E-state index in [4.69, 9.17) is 0 Å². The predicted octanol–water partition coefficient (Wildman–Crippen LogP) is 0.0972. The fourth-order valence-electron chi connectivity index (χ4n) is 0. The maximum absolute atomic E-state index is 3.78. The Kier molecular flexibility index (Phi) is 124. The first kappa shape index (κ1) is 18.4. The van der Waals surface area contributed by atoms with E-state index in [-0.39, 0.29) is 29.8 Å². The van der Waals surface area contributed by atoms with Crippen LogP contribution in [0.15, 0.2) is 0 Å². The zero-order valence-electron chi connectivity index (χ0n) is 2.36. The third kappa shape index (κ3) is 10.2. The van der Waals surface area contributed by atoms with Crippen LogP contribution in [0, 0.1) is 0 Å². The van der Waals surface area contributed by atoms with Gasteiger partial charge in [0.05, 0.1) is 0 Å². The molecule has 0 spiro atoms. The third-order valence-electron chi connectivity index (χ3n) is 0. The number of rotatable bonds is 0. The smallest absolute Gasteiger partial charge is 0.0464 e. The van der Waals surface area contributed by atoms with Gasteiger partial charge < -0.3 is 0 Å². The van der Waals surface area contributed by atoms with E-state index in [1.165, 1.54) is 0 Å². The van der Waals surface area contributed by atoms with Crippen LogP contribution in [-0.4, -0.2) is 29.8 Å². The largest absolute Gasteiger partial charge is 0.0464 e.